The number of carbonyl (C=O) groups excluding carboxylic acids is 2. The lowest BCUT2D eigenvalue weighted by Crippen LogP contribution is -2.28. The molecule has 29 heavy (non-hydrogen) atoms. The summed E-state index contributed by atoms with van der Waals surface area (Å²) in [6, 6.07) is 20.8. The Morgan fingerprint density at radius 2 is 1.72 bits per heavy atom. The maximum absolute atomic E-state index is 11.9. The van der Waals surface area contributed by atoms with Crippen LogP contribution in [0.5, 0.6) is 5.75 Å². The van der Waals surface area contributed by atoms with Crippen LogP contribution in [0.1, 0.15) is 17.7 Å². The summed E-state index contributed by atoms with van der Waals surface area (Å²) in [7, 11) is 1.57. The highest BCUT2D eigenvalue weighted by molar-refractivity contribution is 5.80. The van der Waals surface area contributed by atoms with E-state index in [1.807, 2.05) is 66.7 Å². The molecule has 3 aromatic rings. The molecule has 1 heterocycles. The first kappa shape index (κ1) is 20.2. The van der Waals surface area contributed by atoms with Crippen LogP contribution in [-0.2, 0) is 27.3 Å². The molecule has 0 saturated heterocycles. The number of ether oxygens (including phenoxy) is 2. The third-order valence-electron chi connectivity index (χ3n) is 4.33. The SMILES string of the molecule is COc1ccccc1CNC(=O)COC(=O)CCc1ccc(-c2ccccc2)o1. The first-order chi connectivity index (χ1) is 14.2. The van der Waals surface area contributed by atoms with Crippen LogP contribution >= 0.6 is 0 Å². The zero-order chi connectivity index (χ0) is 20.5. The van der Waals surface area contributed by atoms with Gasteiger partial charge in [-0.15, -0.1) is 0 Å². The summed E-state index contributed by atoms with van der Waals surface area (Å²) < 4.78 is 16.0. The monoisotopic (exact) mass is 393 g/mol. The Balaban J connectivity index is 1.39. The quantitative estimate of drug-likeness (QED) is 0.560. The molecule has 150 valence electrons. The van der Waals surface area contributed by atoms with Gasteiger partial charge in [0.25, 0.3) is 5.91 Å². The van der Waals surface area contributed by atoms with E-state index < -0.39 is 5.97 Å². The van der Waals surface area contributed by atoms with Crippen LogP contribution in [0.25, 0.3) is 11.3 Å². The fraction of sp³-hybridized carbons (Fsp3) is 0.217. The van der Waals surface area contributed by atoms with Crippen molar-refractivity contribution in [3.63, 3.8) is 0 Å². The van der Waals surface area contributed by atoms with Crippen LogP contribution in [0.15, 0.2) is 71.1 Å². The second-order valence-corrected chi connectivity index (χ2v) is 6.38. The van der Waals surface area contributed by atoms with E-state index in [1.54, 1.807) is 7.11 Å². The molecule has 0 saturated carbocycles. The van der Waals surface area contributed by atoms with E-state index in [-0.39, 0.29) is 18.9 Å². The smallest absolute Gasteiger partial charge is 0.306 e. The Labute approximate surface area is 169 Å². The lowest BCUT2D eigenvalue weighted by molar-refractivity contribution is -0.148. The number of methoxy groups -OCH3 is 1. The lowest BCUT2D eigenvalue weighted by atomic mass is 10.2. The predicted molar refractivity (Wildman–Crippen MR) is 108 cm³/mol. The Bertz CT molecular complexity index is 949. The first-order valence-corrected chi connectivity index (χ1v) is 9.34. The highest BCUT2D eigenvalue weighted by Crippen LogP contribution is 2.22. The number of nitrogens with one attached hydrogen (secondary N) is 1. The van der Waals surface area contributed by atoms with Gasteiger partial charge in [-0.05, 0) is 18.2 Å². The molecular formula is C23H23NO5. The van der Waals surface area contributed by atoms with Crippen molar-refractivity contribution in [2.75, 3.05) is 13.7 Å². The predicted octanol–water partition coefficient (Wildman–Crippen LogP) is 3.75. The summed E-state index contributed by atoms with van der Waals surface area (Å²) in [5.74, 6) is 1.33. The molecule has 0 unspecified atom stereocenters. The number of rotatable bonds is 9. The van der Waals surface area contributed by atoms with E-state index in [0.29, 0.717) is 24.5 Å². The molecule has 6 heteroatoms. The third-order valence-corrected chi connectivity index (χ3v) is 4.33. The van der Waals surface area contributed by atoms with Crippen molar-refractivity contribution < 1.29 is 23.5 Å². The molecular weight excluding hydrogens is 370 g/mol. The second kappa shape index (κ2) is 10.1. The Hall–Kier alpha value is -3.54. The molecule has 3 rings (SSSR count). The molecule has 0 radical (unpaired) electrons. The van der Waals surface area contributed by atoms with Crippen LogP contribution in [0, 0.1) is 0 Å². The van der Waals surface area contributed by atoms with Crippen molar-refractivity contribution >= 4 is 11.9 Å². The Kier molecular flexibility index (Phi) is 7.05. The van der Waals surface area contributed by atoms with Gasteiger partial charge in [-0.2, -0.15) is 0 Å². The highest BCUT2D eigenvalue weighted by atomic mass is 16.5. The first-order valence-electron chi connectivity index (χ1n) is 9.34. The number of esters is 1. The Morgan fingerprint density at radius 3 is 2.52 bits per heavy atom. The van der Waals surface area contributed by atoms with E-state index in [0.717, 1.165) is 16.9 Å². The molecule has 0 atom stereocenters. The summed E-state index contributed by atoms with van der Waals surface area (Å²) in [6.07, 6.45) is 0.552. The van der Waals surface area contributed by atoms with E-state index in [2.05, 4.69) is 5.32 Å². The van der Waals surface area contributed by atoms with Gasteiger partial charge in [-0.25, -0.2) is 0 Å². The topological polar surface area (TPSA) is 77.8 Å². The van der Waals surface area contributed by atoms with Crippen molar-refractivity contribution in [1.82, 2.24) is 5.32 Å². The summed E-state index contributed by atoms with van der Waals surface area (Å²) in [5.41, 5.74) is 1.83. The number of hydrogen-bond donors (Lipinski definition) is 1. The molecule has 0 spiro atoms. The van der Waals surface area contributed by atoms with Gasteiger partial charge in [-0.1, -0.05) is 48.5 Å². The van der Waals surface area contributed by atoms with Crippen molar-refractivity contribution in [2.45, 2.75) is 19.4 Å². The summed E-state index contributed by atoms with van der Waals surface area (Å²) in [6.45, 7) is -0.0174. The lowest BCUT2D eigenvalue weighted by Gasteiger charge is -2.09. The molecule has 1 aromatic heterocycles. The average molecular weight is 393 g/mol. The van der Waals surface area contributed by atoms with Crippen molar-refractivity contribution in [2.24, 2.45) is 0 Å². The number of para-hydroxylation sites is 1. The van der Waals surface area contributed by atoms with Crippen LogP contribution in [0.2, 0.25) is 0 Å². The minimum Gasteiger partial charge on any atom is -0.496 e. The summed E-state index contributed by atoms with van der Waals surface area (Å²) in [4.78, 5) is 23.8. The molecule has 0 aliphatic carbocycles. The number of furan rings is 1. The molecule has 0 fully saturated rings. The normalized spacial score (nSPS) is 10.4. The molecule has 1 N–H and O–H groups in total. The van der Waals surface area contributed by atoms with Gasteiger partial charge in [0.05, 0.1) is 13.5 Å². The van der Waals surface area contributed by atoms with Crippen molar-refractivity contribution in [3.05, 3.63) is 78.1 Å². The molecule has 0 aliphatic heterocycles. The van der Waals surface area contributed by atoms with Gasteiger partial charge in [-0.3, -0.25) is 9.59 Å². The second-order valence-electron chi connectivity index (χ2n) is 6.38. The standard InChI is InChI=1S/C23H23NO5/c1-27-20-10-6-5-9-18(20)15-24-22(25)16-28-23(26)14-12-19-11-13-21(29-19)17-7-3-2-4-8-17/h2-11,13H,12,14-16H2,1H3,(H,24,25). The van der Waals surface area contributed by atoms with Gasteiger partial charge in [0.15, 0.2) is 6.61 Å². The van der Waals surface area contributed by atoms with E-state index >= 15 is 0 Å². The Morgan fingerprint density at radius 1 is 0.966 bits per heavy atom. The minimum atomic E-state index is -0.449. The van der Waals surface area contributed by atoms with Crippen LogP contribution in [0.4, 0.5) is 0 Å². The average Bonchev–Trinajstić information content (AvgIpc) is 3.24. The van der Waals surface area contributed by atoms with Gasteiger partial charge in [0.1, 0.15) is 17.3 Å². The fourth-order valence-electron chi connectivity index (χ4n) is 2.81. The summed E-state index contributed by atoms with van der Waals surface area (Å²) >= 11 is 0. The van der Waals surface area contributed by atoms with Crippen LogP contribution in [0.3, 0.4) is 0 Å². The number of aryl methyl sites for hydroxylation is 1. The van der Waals surface area contributed by atoms with Crippen LogP contribution in [-0.4, -0.2) is 25.6 Å². The molecule has 0 bridgehead atoms. The van der Waals surface area contributed by atoms with Crippen molar-refractivity contribution in [3.8, 4) is 17.1 Å². The largest absolute Gasteiger partial charge is 0.496 e. The highest BCUT2D eigenvalue weighted by Gasteiger charge is 2.11. The molecule has 6 nitrogen and oxygen atoms in total. The van der Waals surface area contributed by atoms with Gasteiger partial charge < -0.3 is 19.2 Å². The molecule has 0 aliphatic rings. The van der Waals surface area contributed by atoms with Gasteiger partial charge >= 0.3 is 5.97 Å². The summed E-state index contributed by atoms with van der Waals surface area (Å²) in [5, 5.41) is 2.71. The van der Waals surface area contributed by atoms with E-state index in [9.17, 15) is 9.59 Å². The van der Waals surface area contributed by atoms with Crippen LogP contribution < -0.4 is 10.1 Å². The number of hydrogen-bond acceptors (Lipinski definition) is 5. The fourth-order valence-corrected chi connectivity index (χ4v) is 2.81. The zero-order valence-electron chi connectivity index (χ0n) is 16.2. The molecule has 2 aromatic carbocycles. The maximum Gasteiger partial charge on any atom is 0.306 e. The van der Waals surface area contributed by atoms with Gasteiger partial charge in [0.2, 0.25) is 0 Å². The number of amides is 1. The number of carbonyl (C=O) groups is 2. The maximum atomic E-state index is 11.9. The molecule has 1 amide bonds. The van der Waals surface area contributed by atoms with Crippen molar-refractivity contribution in [1.29, 1.82) is 0 Å². The van der Waals surface area contributed by atoms with E-state index in [4.69, 9.17) is 13.9 Å². The van der Waals surface area contributed by atoms with E-state index in [1.165, 1.54) is 0 Å². The third kappa shape index (κ3) is 5.97. The zero-order valence-corrected chi connectivity index (χ0v) is 16.2. The minimum absolute atomic E-state index is 0.140. The van der Waals surface area contributed by atoms with Gasteiger partial charge in [0, 0.05) is 24.1 Å². The number of benzene rings is 2.